The van der Waals surface area contributed by atoms with Gasteiger partial charge in [0.15, 0.2) is 0 Å². The molecule has 0 heterocycles. The minimum absolute atomic E-state index is 0. The zero-order chi connectivity index (χ0) is 7.00. The van der Waals surface area contributed by atoms with Gasteiger partial charge in [-0.25, -0.2) is 0 Å². The lowest BCUT2D eigenvalue weighted by atomic mass is 11.6. The van der Waals surface area contributed by atoms with Gasteiger partial charge in [-0.15, -0.1) is 0 Å². The Labute approximate surface area is 82.4 Å². The van der Waals surface area contributed by atoms with E-state index in [1.165, 1.54) is 0 Å². The molecule has 0 aromatic carbocycles. The highest BCUT2D eigenvalue weighted by molar-refractivity contribution is 7.86. The first-order valence-electron chi connectivity index (χ1n) is 1.29. The second-order valence-electron chi connectivity index (χ2n) is 0.921. The first kappa shape index (κ1) is 22.6. The van der Waals surface area contributed by atoms with Gasteiger partial charge in [-0.05, 0) is 0 Å². The molecular formula is CH7F3O3S4. The van der Waals surface area contributed by atoms with E-state index >= 15 is 0 Å². The largest absolute Gasteiger partial charge is 0.522 e. The van der Waals surface area contributed by atoms with Crippen molar-refractivity contribution in [1.82, 2.24) is 0 Å². The first-order valence-corrected chi connectivity index (χ1v) is 2.73. The fourth-order valence-corrected chi connectivity index (χ4v) is 0. The summed E-state index contributed by atoms with van der Waals surface area (Å²) in [6.07, 6.45) is 0. The van der Waals surface area contributed by atoms with E-state index in [2.05, 4.69) is 0 Å². The molecule has 74 valence electrons. The van der Waals surface area contributed by atoms with Crippen LogP contribution < -0.4 is 0 Å². The molecule has 0 saturated carbocycles. The van der Waals surface area contributed by atoms with Crippen LogP contribution in [0.25, 0.3) is 0 Å². The van der Waals surface area contributed by atoms with Crippen LogP contribution in [-0.2, 0) is 10.1 Å². The van der Waals surface area contributed by atoms with Crippen LogP contribution in [0, 0.1) is 0 Å². The summed E-state index contributed by atoms with van der Waals surface area (Å²) in [7, 11) is -5.84. The lowest BCUT2D eigenvalue weighted by Gasteiger charge is -1.97. The minimum atomic E-state index is -5.84. The van der Waals surface area contributed by atoms with Crippen molar-refractivity contribution in [3.63, 3.8) is 0 Å². The Morgan fingerprint density at radius 2 is 1.09 bits per heavy atom. The third-order valence-corrected chi connectivity index (χ3v) is 0.877. The molecule has 0 aromatic heterocycles. The monoisotopic (exact) mass is 252 g/mol. The van der Waals surface area contributed by atoms with Gasteiger partial charge in [0.1, 0.15) is 0 Å². The van der Waals surface area contributed by atoms with Crippen LogP contribution >= 0.6 is 40.5 Å². The molecule has 0 saturated heterocycles. The Morgan fingerprint density at radius 1 is 1.00 bits per heavy atom. The van der Waals surface area contributed by atoms with Gasteiger partial charge in [0.25, 0.3) is 0 Å². The normalized spacial score (nSPS) is 10.2. The van der Waals surface area contributed by atoms with Gasteiger partial charge in [-0.3, -0.25) is 4.55 Å². The van der Waals surface area contributed by atoms with Crippen molar-refractivity contribution in [1.29, 1.82) is 0 Å². The topological polar surface area (TPSA) is 54.4 Å². The quantitative estimate of drug-likeness (QED) is 0.511. The summed E-state index contributed by atoms with van der Waals surface area (Å²) in [5.74, 6) is 0. The highest BCUT2D eigenvalue weighted by Gasteiger charge is 2.44. The zero-order valence-electron chi connectivity index (χ0n) is 4.81. The maximum absolute atomic E-state index is 10.7. The number of rotatable bonds is 0. The molecule has 0 radical (unpaired) electrons. The van der Waals surface area contributed by atoms with Crippen LogP contribution in [0.3, 0.4) is 0 Å². The Hall–Kier alpha value is 0.750. The predicted octanol–water partition coefficient (Wildman–Crippen LogP) is 0.732. The van der Waals surface area contributed by atoms with Crippen molar-refractivity contribution in [2.45, 2.75) is 5.51 Å². The van der Waals surface area contributed by atoms with Gasteiger partial charge >= 0.3 is 15.6 Å². The summed E-state index contributed by atoms with van der Waals surface area (Å²) in [5, 5.41) is 0. The van der Waals surface area contributed by atoms with Gasteiger partial charge in [-0.2, -0.15) is 62.1 Å². The molecule has 0 aromatic rings. The van der Waals surface area contributed by atoms with Crippen molar-refractivity contribution in [2.24, 2.45) is 0 Å². The maximum Gasteiger partial charge on any atom is 0.522 e. The van der Waals surface area contributed by atoms with E-state index in [1.807, 2.05) is 0 Å². The van der Waals surface area contributed by atoms with Gasteiger partial charge in [0.05, 0.1) is 0 Å². The summed E-state index contributed by atoms with van der Waals surface area (Å²) < 4.78 is 57.5. The molecule has 0 aliphatic rings. The van der Waals surface area contributed by atoms with Crippen LogP contribution in [0.15, 0.2) is 0 Å². The molecule has 0 fully saturated rings. The van der Waals surface area contributed by atoms with Crippen molar-refractivity contribution in [3.05, 3.63) is 0 Å². The second-order valence-corrected chi connectivity index (χ2v) is 2.33. The summed E-state index contributed by atoms with van der Waals surface area (Å²) in [4.78, 5) is 0. The van der Waals surface area contributed by atoms with Gasteiger partial charge in [0.2, 0.25) is 0 Å². The van der Waals surface area contributed by atoms with Gasteiger partial charge < -0.3 is 0 Å². The average Bonchev–Trinajstić information content (AvgIpc) is 1.25. The smallest absolute Gasteiger partial charge is 0.279 e. The van der Waals surface area contributed by atoms with E-state index < -0.39 is 15.6 Å². The molecule has 0 amide bonds. The van der Waals surface area contributed by atoms with E-state index in [0.29, 0.717) is 0 Å². The molecule has 0 atom stereocenters. The van der Waals surface area contributed by atoms with Crippen LogP contribution in [-0.4, -0.2) is 18.5 Å². The molecule has 3 nitrogen and oxygen atoms in total. The molecule has 0 aliphatic heterocycles. The third-order valence-electron chi connectivity index (χ3n) is 0.292. The SMILES string of the molecule is O=S(=O)(O)C(F)(F)F.S.S.S. The minimum Gasteiger partial charge on any atom is -0.279 e. The molecule has 0 bridgehead atoms. The van der Waals surface area contributed by atoms with E-state index in [1.54, 1.807) is 0 Å². The van der Waals surface area contributed by atoms with Crippen molar-refractivity contribution in [2.75, 3.05) is 0 Å². The molecule has 1 N–H and O–H groups in total. The molecule has 0 rings (SSSR count). The number of hydrogen-bond donors (Lipinski definition) is 1. The highest BCUT2D eigenvalue weighted by atomic mass is 32.2. The Morgan fingerprint density at radius 3 is 1.09 bits per heavy atom. The standard InChI is InChI=1S/CHF3O3S.3H2S/c2-1(3,4)8(5,6)7;;;/h(H,5,6,7);3*1H2. The predicted molar refractivity (Wildman–Crippen MR) is 48.7 cm³/mol. The first-order chi connectivity index (χ1) is 3.25. The van der Waals surface area contributed by atoms with Crippen LogP contribution in [0.5, 0.6) is 0 Å². The number of halogens is 3. The van der Waals surface area contributed by atoms with E-state index in [4.69, 9.17) is 13.0 Å². The molecule has 10 heteroatoms. The van der Waals surface area contributed by atoms with Crippen LogP contribution in [0.4, 0.5) is 13.2 Å². The highest BCUT2D eigenvalue weighted by Crippen LogP contribution is 2.20. The summed E-state index contributed by atoms with van der Waals surface area (Å²) in [6.45, 7) is 0. The average molecular weight is 252 g/mol. The van der Waals surface area contributed by atoms with Crippen molar-refractivity contribution in [3.8, 4) is 0 Å². The summed E-state index contributed by atoms with van der Waals surface area (Å²) >= 11 is 0. The summed E-state index contributed by atoms with van der Waals surface area (Å²) in [6, 6.07) is 0. The fourth-order valence-electron chi connectivity index (χ4n) is 0. The van der Waals surface area contributed by atoms with E-state index in [9.17, 15) is 13.2 Å². The molecular weight excluding hydrogens is 245 g/mol. The molecule has 11 heavy (non-hydrogen) atoms. The summed E-state index contributed by atoms with van der Waals surface area (Å²) in [5.41, 5.74) is -5.53. The van der Waals surface area contributed by atoms with Crippen molar-refractivity contribution < 1.29 is 26.1 Å². The Kier molecular flexibility index (Phi) is 12.9. The third kappa shape index (κ3) is 8.66. The van der Waals surface area contributed by atoms with E-state index in [-0.39, 0.29) is 40.5 Å². The van der Waals surface area contributed by atoms with Gasteiger partial charge in [0, 0.05) is 0 Å². The maximum atomic E-state index is 10.7. The molecule has 0 spiro atoms. The number of alkyl halides is 3. The van der Waals surface area contributed by atoms with Crippen LogP contribution in [0.1, 0.15) is 0 Å². The van der Waals surface area contributed by atoms with Crippen LogP contribution in [0.2, 0.25) is 0 Å². The lowest BCUT2D eigenvalue weighted by Crippen LogP contribution is -2.21. The molecule has 0 unspecified atom stereocenters. The Balaban J connectivity index is -0.0000000817. The Bertz CT molecular complexity index is 170. The van der Waals surface area contributed by atoms with Crippen molar-refractivity contribution >= 4 is 50.6 Å². The fraction of sp³-hybridized carbons (Fsp3) is 1.00. The number of hydrogen-bond acceptors (Lipinski definition) is 2. The van der Waals surface area contributed by atoms with Gasteiger partial charge in [-0.1, -0.05) is 0 Å². The molecule has 0 aliphatic carbocycles. The van der Waals surface area contributed by atoms with E-state index in [0.717, 1.165) is 0 Å². The second kappa shape index (κ2) is 6.29. The lowest BCUT2D eigenvalue weighted by molar-refractivity contribution is -0.0510. The zero-order valence-corrected chi connectivity index (χ0v) is 8.62.